The van der Waals surface area contributed by atoms with Gasteiger partial charge in [-0.3, -0.25) is 14.4 Å². The first-order valence-electron chi connectivity index (χ1n) is 7.65. The summed E-state index contributed by atoms with van der Waals surface area (Å²) < 4.78 is 0. The molecule has 2 unspecified atom stereocenters. The van der Waals surface area contributed by atoms with Crippen LogP contribution in [0, 0.1) is 0 Å². The second-order valence-corrected chi connectivity index (χ2v) is 6.11. The van der Waals surface area contributed by atoms with Crippen molar-refractivity contribution in [1.29, 1.82) is 0 Å². The third-order valence-electron chi connectivity index (χ3n) is 2.85. The summed E-state index contributed by atoms with van der Waals surface area (Å²) in [5.41, 5.74) is -0.578. The van der Waals surface area contributed by atoms with Crippen molar-refractivity contribution >= 4 is 12.3 Å². The molecule has 2 atom stereocenters. The van der Waals surface area contributed by atoms with Gasteiger partial charge in [0.25, 0.3) is 5.91 Å². The summed E-state index contributed by atoms with van der Waals surface area (Å²) in [4.78, 5) is 28.8. The predicted octanol–water partition coefficient (Wildman–Crippen LogP) is 1.62. The number of rotatable bonds is 10. The molecule has 0 aliphatic rings. The third-order valence-corrected chi connectivity index (χ3v) is 2.85. The van der Waals surface area contributed by atoms with Crippen molar-refractivity contribution in [2.24, 2.45) is 0 Å². The van der Waals surface area contributed by atoms with Crippen LogP contribution in [0.25, 0.3) is 0 Å². The van der Waals surface area contributed by atoms with E-state index in [1.54, 1.807) is 0 Å². The number of carbonyl (C=O) groups excluding carboxylic acids is 2. The van der Waals surface area contributed by atoms with Gasteiger partial charge in [0.15, 0.2) is 6.10 Å². The largest absolute Gasteiger partial charge is 0.381 e. The van der Waals surface area contributed by atoms with Crippen molar-refractivity contribution in [3.63, 3.8) is 0 Å². The molecule has 2 amide bonds. The van der Waals surface area contributed by atoms with Crippen molar-refractivity contribution in [2.45, 2.75) is 78.0 Å². The topological polar surface area (TPSA) is 78.9 Å². The molecule has 0 spiro atoms. The molecule has 0 aromatic carbocycles. The number of unbranched alkanes of at least 4 members (excludes halogenated alkanes) is 1. The summed E-state index contributed by atoms with van der Waals surface area (Å²) in [5.74, 6) is -0.470. The van der Waals surface area contributed by atoms with Gasteiger partial charge in [0.05, 0.1) is 11.6 Å². The Morgan fingerprint density at radius 1 is 1.33 bits per heavy atom. The van der Waals surface area contributed by atoms with E-state index in [0.717, 1.165) is 24.3 Å². The molecule has 0 aromatic rings. The SMILES string of the molecule is CCCCC(C(O)C(=O)NCCC)N(C=O)OC(C)(C)C. The van der Waals surface area contributed by atoms with Crippen LogP contribution >= 0.6 is 0 Å². The van der Waals surface area contributed by atoms with Crippen molar-refractivity contribution in [1.82, 2.24) is 10.4 Å². The average Bonchev–Trinajstić information content (AvgIpc) is 2.42. The van der Waals surface area contributed by atoms with E-state index in [1.165, 1.54) is 0 Å². The van der Waals surface area contributed by atoms with Gasteiger partial charge in [-0.15, -0.1) is 0 Å². The molecule has 2 N–H and O–H groups in total. The van der Waals surface area contributed by atoms with Crippen molar-refractivity contribution in [2.75, 3.05) is 6.54 Å². The van der Waals surface area contributed by atoms with Crippen LogP contribution in [0.15, 0.2) is 0 Å². The minimum Gasteiger partial charge on any atom is -0.381 e. The van der Waals surface area contributed by atoms with E-state index < -0.39 is 23.7 Å². The lowest BCUT2D eigenvalue weighted by Gasteiger charge is -2.34. The number of aliphatic hydroxyl groups is 1. The Hall–Kier alpha value is -1.14. The quantitative estimate of drug-likeness (QED) is 0.475. The maximum absolute atomic E-state index is 11.9. The predicted molar refractivity (Wildman–Crippen MR) is 81.4 cm³/mol. The average molecular weight is 302 g/mol. The van der Waals surface area contributed by atoms with Crippen LogP contribution < -0.4 is 5.32 Å². The van der Waals surface area contributed by atoms with Crippen LogP contribution in [-0.2, 0) is 14.4 Å². The lowest BCUT2D eigenvalue weighted by atomic mass is 10.0. The van der Waals surface area contributed by atoms with Crippen molar-refractivity contribution in [3.8, 4) is 0 Å². The molecular formula is C15H30N2O4. The zero-order valence-electron chi connectivity index (χ0n) is 13.9. The fourth-order valence-corrected chi connectivity index (χ4v) is 1.85. The molecule has 21 heavy (non-hydrogen) atoms. The maximum Gasteiger partial charge on any atom is 0.251 e. The van der Waals surface area contributed by atoms with Gasteiger partial charge >= 0.3 is 0 Å². The van der Waals surface area contributed by atoms with Crippen LogP contribution in [0.5, 0.6) is 0 Å². The highest BCUT2D eigenvalue weighted by Crippen LogP contribution is 2.18. The highest BCUT2D eigenvalue weighted by Gasteiger charge is 2.33. The Morgan fingerprint density at radius 3 is 2.38 bits per heavy atom. The van der Waals surface area contributed by atoms with E-state index in [0.29, 0.717) is 19.4 Å². The molecule has 0 heterocycles. The molecule has 0 bridgehead atoms. The lowest BCUT2D eigenvalue weighted by molar-refractivity contribution is -0.243. The summed E-state index contributed by atoms with van der Waals surface area (Å²) in [5, 5.41) is 14.0. The zero-order chi connectivity index (χ0) is 16.5. The Kier molecular flexibility index (Phi) is 9.21. The van der Waals surface area contributed by atoms with Crippen LogP contribution in [-0.4, -0.2) is 46.8 Å². The van der Waals surface area contributed by atoms with Crippen molar-refractivity contribution in [3.05, 3.63) is 0 Å². The van der Waals surface area contributed by atoms with Gasteiger partial charge in [0.2, 0.25) is 6.41 Å². The Balaban J connectivity index is 4.96. The molecule has 0 aliphatic heterocycles. The van der Waals surface area contributed by atoms with Crippen LogP contribution in [0.1, 0.15) is 60.3 Å². The van der Waals surface area contributed by atoms with Crippen LogP contribution in [0.4, 0.5) is 0 Å². The van der Waals surface area contributed by atoms with Crippen molar-refractivity contribution < 1.29 is 19.5 Å². The van der Waals surface area contributed by atoms with Gasteiger partial charge in [0, 0.05) is 6.54 Å². The standard InChI is InChI=1S/C15H30N2O4/c1-6-8-9-12(13(19)14(20)16-10-7-2)17(11-18)21-15(3,4)5/h11-13,19H,6-10H2,1-5H3,(H,16,20). The fourth-order valence-electron chi connectivity index (χ4n) is 1.85. The molecule has 0 radical (unpaired) electrons. The number of aliphatic hydroxyl groups excluding tert-OH is 1. The highest BCUT2D eigenvalue weighted by atomic mass is 16.7. The van der Waals surface area contributed by atoms with E-state index in [9.17, 15) is 14.7 Å². The monoisotopic (exact) mass is 302 g/mol. The smallest absolute Gasteiger partial charge is 0.251 e. The molecule has 0 saturated carbocycles. The molecule has 0 aliphatic carbocycles. The number of nitrogens with zero attached hydrogens (tertiary/aromatic N) is 1. The van der Waals surface area contributed by atoms with E-state index >= 15 is 0 Å². The Morgan fingerprint density at radius 2 is 1.95 bits per heavy atom. The summed E-state index contributed by atoms with van der Waals surface area (Å²) in [6.45, 7) is 9.87. The van der Waals surface area contributed by atoms with Crippen LogP contribution in [0.3, 0.4) is 0 Å². The Bertz CT molecular complexity index is 315. The van der Waals surface area contributed by atoms with Gasteiger partial charge in [-0.05, 0) is 33.6 Å². The first-order chi connectivity index (χ1) is 9.76. The molecule has 0 rings (SSSR count). The molecule has 6 nitrogen and oxygen atoms in total. The van der Waals surface area contributed by atoms with E-state index in [-0.39, 0.29) is 0 Å². The van der Waals surface area contributed by atoms with Gasteiger partial charge in [-0.2, -0.15) is 0 Å². The van der Waals surface area contributed by atoms with Gasteiger partial charge < -0.3 is 10.4 Å². The summed E-state index contributed by atoms with van der Waals surface area (Å²) in [7, 11) is 0. The molecule has 0 fully saturated rings. The number of carbonyl (C=O) groups is 2. The maximum atomic E-state index is 11.9. The number of nitrogens with one attached hydrogen (secondary N) is 1. The normalized spacial score (nSPS) is 14.4. The minimum absolute atomic E-state index is 0.470. The molecular weight excluding hydrogens is 272 g/mol. The number of hydroxylamine groups is 2. The molecule has 0 aromatic heterocycles. The molecule has 6 heteroatoms. The van der Waals surface area contributed by atoms with Gasteiger partial charge in [-0.25, -0.2) is 5.06 Å². The number of hydrogen-bond donors (Lipinski definition) is 2. The summed E-state index contributed by atoms with van der Waals surface area (Å²) in [6, 6.07) is -0.682. The van der Waals surface area contributed by atoms with E-state index in [4.69, 9.17) is 4.84 Å². The first-order valence-corrected chi connectivity index (χ1v) is 7.65. The third kappa shape index (κ3) is 8.02. The molecule has 124 valence electrons. The summed E-state index contributed by atoms with van der Waals surface area (Å²) in [6.07, 6.45) is 2.22. The van der Waals surface area contributed by atoms with Crippen LogP contribution in [0.2, 0.25) is 0 Å². The Labute approximate surface area is 127 Å². The molecule has 0 saturated heterocycles. The second-order valence-electron chi connectivity index (χ2n) is 6.11. The highest BCUT2D eigenvalue weighted by molar-refractivity contribution is 5.81. The second kappa shape index (κ2) is 9.73. The van der Waals surface area contributed by atoms with Gasteiger partial charge in [-0.1, -0.05) is 26.7 Å². The number of amides is 2. The summed E-state index contributed by atoms with van der Waals surface area (Å²) >= 11 is 0. The van der Waals surface area contributed by atoms with E-state index in [2.05, 4.69) is 5.32 Å². The zero-order valence-corrected chi connectivity index (χ0v) is 13.9. The first kappa shape index (κ1) is 19.9. The van der Waals surface area contributed by atoms with Gasteiger partial charge in [0.1, 0.15) is 0 Å². The lowest BCUT2D eigenvalue weighted by Crippen LogP contribution is -2.52. The minimum atomic E-state index is -1.30. The van der Waals surface area contributed by atoms with E-state index in [1.807, 2.05) is 34.6 Å². The fraction of sp³-hybridized carbons (Fsp3) is 0.867. The number of hydrogen-bond acceptors (Lipinski definition) is 4.